The lowest BCUT2D eigenvalue weighted by molar-refractivity contribution is 0.0730. The summed E-state index contributed by atoms with van der Waals surface area (Å²) in [4.78, 5) is 12.8. The fraction of sp³-hybridized carbons (Fsp3) is 0.346. The van der Waals surface area contributed by atoms with E-state index in [1.165, 1.54) is 16.4 Å². The molecule has 0 bridgehead atoms. The first-order valence-electron chi connectivity index (χ1n) is 11.7. The van der Waals surface area contributed by atoms with Gasteiger partial charge in [-0.25, -0.2) is 8.42 Å². The number of furan rings is 1. The monoisotopic (exact) mass is 532 g/mol. The molecule has 1 amide bonds. The van der Waals surface area contributed by atoms with Crippen molar-refractivity contribution in [1.29, 1.82) is 0 Å². The van der Waals surface area contributed by atoms with E-state index in [0.29, 0.717) is 42.8 Å². The lowest BCUT2D eigenvalue weighted by Gasteiger charge is -2.26. The number of ether oxygens (including phenoxy) is 2. The van der Waals surface area contributed by atoms with E-state index in [0.717, 1.165) is 16.9 Å². The number of nitrogens with zero attached hydrogens (tertiary/aromatic N) is 1. The van der Waals surface area contributed by atoms with Gasteiger partial charge in [-0.05, 0) is 72.5 Å². The van der Waals surface area contributed by atoms with Gasteiger partial charge in [-0.15, -0.1) is 0 Å². The number of nitrogens with one attached hydrogen (secondary N) is 1. The Balaban J connectivity index is 1.38. The third kappa shape index (κ3) is 5.92. The molecular formula is C26H29ClN2O6S. The molecule has 0 aliphatic carbocycles. The zero-order chi connectivity index (χ0) is 25.9. The molecule has 8 nitrogen and oxygen atoms in total. The molecule has 0 unspecified atom stereocenters. The topological polar surface area (TPSA) is 98.1 Å². The van der Waals surface area contributed by atoms with Crippen LogP contribution in [-0.4, -0.2) is 44.9 Å². The number of benzene rings is 2. The molecule has 0 atom stereocenters. The first-order chi connectivity index (χ1) is 17.1. The van der Waals surface area contributed by atoms with Crippen LogP contribution in [0.4, 0.5) is 5.69 Å². The van der Waals surface area contributed by atoms with Gasteiger partial charge in [-0.2, -0.15) is 4.31 Å². The normalized spacial score (nSPS) is 14.7. The van der Waals surface area contributed by atoms with Gasteiger partial charge in [0.15, 0.2) is 5.76 Å². The van der Waals surface area contributed by atoms with Crippen LogP contribution in [0.15, 0.2) is 57.8 Å². The van der Waals surface area contributed by atoms with Crippen LogP contribution < -0.4 is 10.1 Å². The molecule has 1 aliphatic rings. The first kappa shape index (κ1) is 26.2. The molecule has 10 heteroatoms. The fourth-order valence-corrected chi connectivity index (χ4v) is 5.39. The van der Waals surface area contributed by atoms with Crippen LogP contribution in [0, 0.1) is 6.92 Å². The highest BCUT2D eigenvalue weighted by Crippen LogP contribution is 2.32. The standard InChI is InChI=1S/C26H29ClN2O6S/c1-17(2)22-15-23(27)18(3)14-25(22)34-16-20-6-9-24(35-20)26(30)28-19-4-7-21(8-5-19)36(31,32)29-10-12-33-13-11-29/h4-9,14-15,17H,10-13,16H2,1-3H3,(H,28,30). The van der Waals surface area contributed by atoms with Crippen molar-refractivity contribution in [3.05, 3.63) is 76.2 Å². The molecule has 1 fully saturated rings. The van der Waals surface area contributed by atoms with Crippen molar-refractivity contribution in [3.8, 4) is 5.75 Å². The van der Waals surface area contributed by atoms with Crippen LogP contribution in [0.3, 0.4) is 0 Å². The number of halogens is 1. The highest BCUT2D eigenvalue weighted by molar-refractivity contribution is 7.89. The first-order valence-corrected chi connectivity index (χ1v) is 13.5. The highest BCUT2D eigenvalue weighted by Gasteiger charge is 2.26. The molecular weight excluding hydrogens is 504 g/mol. The van der Waals surface area contributed by atoms with Crippen LogP contribution in [0.25, 0.3) is 0 Å². The lowest BCUT2D eigenvalue weighted by Crippen LogP contribution is -2.40. The summed E-state index contributed by atoms with van der Waals surface area (Å²) in [7, 11) is -3.60. The Morgan fingerprint density at radius 3 is 2.47 bits per heavy atom. The van der Waals surface area contributed by atoms with Crippen molar-refractivity contribution in [1.82, 2.24) is 4.31 Å². The molecule has 0 saturated carbocycles. The minimum Gasteiger partial charge on any atom is -0.485 e. The van der Waals surface area contributed by atoms with E-state index >= 15 is 0 Å². The molecule has 1 aromatic heterocycles. The van der Waals surface area contributed by atoms with Crippen LogP contribution in [-0.2, 0) is 21.4 Å². The average molecular weight is 533 g/mol. The van der Waals surface area contributed by atoms with E-state index in [4.69, 9.17) is 25.5 Å². The maximum atomic E-state index is 12.8. The quantitative estimate of drug-likeness (QED) is 0.427. The van der Waals surface area contributed by atoms with E-state index in [-0.39, 0.29) is 23.2 Å². The van der Waals surface area contributed by atoms with Gasteiger partial charge in [-0.1, -0.05) is 25.4 Å². The summed E-state index contributed by atoms with van der Waals surface area (Å²) in [6.07, 6.45) is 0. The summed E-state index contributed by atoms with van der Waals surface area (Å²) in [5.41, 5.74) is 2.36. The minimum atomic E-state index is -3.60. The second-order valence-electron chi connectivity index (χ2n) is 8.84. The smallest absolute Gasteiger partial charge is 0.291 e. The zero-order valence-corrected chi connectivity index (χ0v) is 22.0. The van der Waals surface area contributed by atoms with Gasteiger partial charge in [0.2, 0.25) is 10.0 Å². The van der Waals surface area contributed by atoms with Crippen molar-refractivity contribution in [2.24, 2.45) is 0 Å². The van der Waals surface area contributed by atoms with E-state index in [2.05, 4.69) is 19.2 Å². The van der Waals surface area contributed by atoms with Crippen LogP contribution in [0.1, 0.15) is 47.2 Å². The van der Waals surface area contributed by atoms with E-state index in [1.807, 2.05) is 19.1 Å². The summed E-state index contributed by atoms with van der Waals surface area (Å²) >= 11 is 6.26. The number of amides is 1. The number of anilines is 1. The Hall–Kier alpha value is -2.85. The SMILES string of the molecule is Cc1cc(OCc2ccc(C(=O)Nc3ccc(S(=O)(=O)N4CCOCC4)cc3)o2)c(C(C)C)cc1Cl. The van der Waals surface area contributed by atoms with Crippen molar-refractivity contribution in [2.45, 2.75) is 38.2 Å². The van der Waals surface area contributed by atoms with Crippen LogP contribution in [0.2, 0.25) is 5.02 Å². The van der Waals surface area contributed by atoms with Gasteiger partial charge in [-0.3, -0.25) is 4.79 Å². The van der Waals surface area contributed by atoms with Gasteiger partial charge in [0.25, 0.3) is 5.91 Å². The molecule has 0 spiro atoms. The predicted octanol–water partition coefficient (Wildman–Crippen LogP) is 5.22. The lowest BCUT2D eigenvalue weighted by atomic mass is 10.0. The molecule has 36 heavy (non-hydrogen) atoms. The number of carbonyl (C=O) groups is 1. The van der Waals surface area contributed by atoms with Gasteiger partial charge < -0.3 is 19.2 Å². The molecule has 1 saturated heterocycles. The molecule has 0 radical (unpaired) electrons. The van der Waals surface area contributed by atoms with E-state index < -0.39 is 15.9 Å². The summed E-state index contributed by atoms with van der Waals surface area (Å²) in [6, 6.07) is 13.1. The fourth-order valence-electron chi connectivity index (χ4n) is 3.81. The number of carbonyl (C=O) groups excluding carboxylic acids is 1. The Kier molecular flexibility index (Phi) is 8.04. The van der Waals surface area contributed by atoms with Gasteiger partial charge in [0.1, 0.15) is 18.1 Å². The number of sulfonamides is 1. The van der Waals surface area contributed by atoms with Crippen LogP contribution in [0.5, 0.6) is 5.75 Å². The molecule has 1 aliphatic heterocycles. The van der Waals surface area contributed by atoms with Crippen molar-refractivity contribution < 1.29 is 27.1 Å². The summed E-state index contributed by atoms with van der Waals surface area (Å²) in [5.74, 6) is 1.12. The Bertz CT molecular complexity index is 1330. The molecule has 1 N–H and O–H groups in total. The Labute approximate surface area is 216 Å². The summed E-state index contributed by atoms with van der Waals surface area (Å²) in [5, 5.41) is 3.41. The molecule has 192 valence electrons. The number of hydrogen-bond donors (Lipinski definition) is 1. The van der Waals surface area contributed by atoms with Gasteiger partial charge >= 0.3 is 0 Å². The Morgan fingerprint density at radius 2 is 1.81 bits per heavy atom. The maximum Gasteiger partial charge on any atom is 0.291 e. The molecule has 2 heterocycles. The summed E-state index contributed by atoms with van der Waals surface area (Å²) < 4.78 is 43.8. The highest BCUT2D eigenvalue weighted by atomic mass is 35.5. The van der Waals surface area contributed by atoms with E-state index in [1.54, 1.807) is 24.3 Å². The number of hydrogen-bond acceptors (Lipinski definition) is 6. The van der Waals surface area contributed by atoms with Gasteiger partial charge in [0, 0.05) is 23.8 Å². The second kappa shape index (κ2) is 11.0. The number of aryl methyl sites for hydroxylation is 1. The van der Waals surface area contributed by atoms with Crippen molar-refractivity contribution in [2.75, 3.05) is 31.6 Å². The van der Waals surface area contributed by atoms with E-state index in [9.17, 15) is 13.2 Å². The third-order valence-electron chi connectivity index (χ3n) is 5.89. The minimum absolute atomic E-state index is 0.120. The maximum absolute atomic E-state index is 12.8. The zero-order valence-electron chi connectivity index (χ0n) is 20.4. The molecule has 4 rings (SSSR count). The Morgan fingerprint density at radius 1 is 1.11 bits per heavy atom. The number of rotatable bonds is 8. The van der Waals surface area contributed by atoms with Crippen LogP contribution >= 0.6 is 11.6 Å². The van der Waals surface area contributed by atoms with Gasteiger partial charge in [0.05, 0.1) is 18.1 Å². The van der Waals surface area contributed by atoms with Crippen molar-refractivity contribution >= 4 is 33.2 Å². The largest absolute Gasteiger partial charge is 0.485 e. The molecule has 3 aromatic rings. The molecule has 2 aromatic carbocycles. The summed E-state index contributed by atoms with van der Waals surface area (Å²) in [6.45, 7) is 7.59. The predicted molar refractivity (Wildman–Crippen MR) is 137 cm³/mol. The number of morpholine rings is 1. The average Bonchev–Trinajstić information content (AvgIpc) is 3.34. The van der Waals surface area contributed by atoms with Crippen molar-refractivity contribution in [3.63, 3.8) is 0 Å². The second-order valence-corrected chi connectivity index (χ2v) is 11.2. The third-order valence-corrected chi connectivity index (χ3v) is 8.21.